The zero-order valence-corrected chi connectivity index (χ0v) is 31.7. The van der Waals surface area contributed by atoms with Crippen molar-refractivity contribution < 1.29 is 4.74 Å². The van der Waals surface area contributed by atoms with Gasteiger partial charge in [-0.1, -0.05) is 115 Å². The standard InChI is InChI=1S/C52H31NOS2/c1-3-19-48-40(15-1)42-24-22-38(30-50(42)55-48)53(39-23-25-43-41-16-2-4-20-49(41)56-51(43)31-39)37-14-6-13-35(28-37)33-11-5-12-34(27-33)36-21-26-46-45(29-36)44-17-7-9-32-10-8-18-47(54-46)52(32)44/h1-31H. The molecule has 0 fully saturated rings. The first-order valence-electron chi connectivity index (χ1n) is 18.9. The molecule has 12 rings (SSSR count). The van der Waals surface area contributed by atoms with Gasteiger partial charge in [-0.15, -0.1) is 22.7 Å². The van der Waals surface area contributed by atoms with E-state index in [0.717, 1.165) is 39.7 Å². The molecule has 11 aromatic rings. The first-order chi connectivity index (χ1) is 27.7. The van der Waals surface area contributed by atoms with Crippen LogP contribution in [0.25, 0.3) is 84.5 Å². The highest BCUT2D eigenvalue weighted by molar-refractivity contribution is 7.26. The Bertz CT molecular complexity index is 3250. The zero-order chi connectivity index (χ0) is 36.7. The Balaban J connectivity index is 0.973. The van der Waals surface area contributed by atoms with Crippen molar-refractivity contribution in [1.29, 1.82) is 0 Å². The molecule has 0 unspecified atom stereocenters. The Kier molecular flexibility index (Phi) is 7.00. The number of ether oxygens (including phenoxy) is 1. The lowest BCUT2D eigenvalue weighted by Crippen LogP contribution is -2.09. The van der Waals surface area contributed by atoms with E-state index in [1.54, 1.807) is 0 Å². The summed E-state index contributed by atoms with van der Waals surface area (Å²) < 4.78 is 11.6. The maximum Gasteiger partial charge on any atom is 0.135 e. The molecule has 0 radical (unpaired) electrons. The maximum atomic E-state index is 6.42. The van der Waals surface area contributed by atoms with E-state index in [1.807, 2.05) is 22.7 Å². The fourth-order valence-corrected chi connectivity index (χ4v) is 10.9. The summed E-state index contributed by atoms with van der Waals surface area (Å²) in [5.74, 6) is 1.81. The smallest absolute Gasteiger partial charge is 0.135 e. The third-order valence-corrected chi connectivity index (χ3v) is 13.5. The molecule has 4 heteroatoms. The van der Waals surface area contributed by atoms with Crippen LogP contribution in [0, 0.1) is 0 Å². The molecule has 2 aromatic heterocycles. The molecule has 0 spiro atoms. The van der Waals surface area contributed by atoms with E-state index in [2.05, 4.69) is 193 Å². The lowest BCUT2D eigenvalue weighted by molar-refractivity contribution is 0.487. The molecule has 0 saturated carbocycles. The minimum atomic E-state index is 0.895. The van der Waals surface area contributed by atoms with Crippen LogP contribution >= 0.6 is 22.7 Å². The van der Waals surface area contributed by atoms with Crippen LogP contribution in [0.15, 0.2) is 188 Å². The molecule has 0 bridgehead atoms. The van der Waals surface area contributed by atoms with Crippen LogP contribution in [0.1, 0.15) is 0 Å². The van der Waals surface area contributed by atoms with Gasteiger partial charge in [0, 0.05) is 68.4 Å². The van der Waals surface area contributed by atoms with Crippen molar-refractivity contribution in [1.82, 2.24) is 0 Å². The predicted octanol–water partition coefficient (Wildman–Crippen LogP) is 16.2. The highest BCUT2D eigenvalue weighted by Crippen LogP contribution is 2.48. The summed E-state index contributed by atoms with van der Waals surface area (Å²) in [5, 5.41) is 7.59. The fourth-order valence-electron chi connectivity index (χ4n) is 8.60. The Morgan fingerprint density at radius 2 is 0.893 bits per heavy atom. The molecule has 0 aliphatic carbocycles. The van der Waals surface area contributed by atoms with Gasteiger partial charge in [0.1, 0.15) is 11.5 Å². The van der Waals surface area contributed by atoms with E-state index in [9.17, 15) is 0 Å². The van der Waals surface area contributed by atoms with Crippen LogP contribution in [0.5, 0.6) is 11.5 Å². The molecule has 3 heterocycles. The first-order valence-corrected chi connectivity index (χ1v) is 20.5. The van der Waals surface area contributed by atoms with Crippen LogP contribution in [0.3, 0.4) is 0 Å². The summed E-state index contributed by atoms with van der Waals surface area (Å²) in [7, 11) is 0. The van der Waals surface area contributed by atoms with Gasteiger partial charge < -0.3 is 9.64 Å². The molecule has 262 valence electrons. The number of nitrogens with zero attached hydrogens (tertiary/aromatic N) is 1. The second-order valence-corrected chi connectivity index (χ2v) is 16.7. The average Bonchev–Trinajstić information content (AvgIpc) is 3.82. The third kappa shape index (κ3) is 5.00. The zero-order valence-electron chi connectivity index (χ0n) is 30.1. The van der Waals surface area contributed by atoms with Crippen LogP contribution in [0.2, 0.25) is 0 Å². The minimum absolute atomic E-state index is 0.895. The van der Waals surface area contributed by atoms with Crippen molar-refractivity contribution in [2.24, 2.45) is 0 Å². The van der Waals surface area contributed by atoms with Crippen molar-refractivity contribution in [2.75, 3.05) is 4.90 Å². The monoisotopic (exact) mass is 749 g/mol. The Hall–Kier alpha value is -6.72. The van der Waals surface area contributed by atoms with Crippen molar-refractivity contribution in [3.8, 4) is 44.9 Å². The summed E-state index contributed by atoms with van der Waals surface area (Å²) in [6, 6.07) is 68.6. The van der Waals surface area contributed by atoms with E-state index < -0.39 is 0 Å². The van der Waals surface area contributed by atoms with Crippen LogP contribution in [-0.2, 0) is 0 Å². The number of benzene rings is 9. The van der Waals surface area contributed by atoms with Gasteiger partial charge in [0.2, 0.25) is 0 Å². The number of hydrogen-bond acceptors (Lipinski definition) is 4. The van der Waals surface area contributed by atoms with Crippen molar-refractivity contribution in [3.63, 3.8) is 0 Å². The highest BCUT2D eigenvalue weighted by atomic mass is 32.1. The van der Waals surface area contributed by atoms with Gasteiger partial charge in [-0.3, -0.25) is 0 Å². The van der Waals surface area contributed by atoms with Crippen LogP contribution in [-0.4, -0.2) is 0 Å². The van der Waals surface area contributed by atoms with Gasteiger partial charge in [0.25, 0.3) is 0 Å². The van der Waals surface area contributed by atoms with Gasteiger partial charge in [-0.2, -0.15) is 0 Å². The Morgan fingerprint density at radius 1 is 0.339 bits per heavy atom. The Labute approximate surface area is 331 Å². The molecule has 56 heavy (non-hydrogen) atoms. The molecule has 1 aliphatic heterocycles. The summed E-state index contributed by atoms with van der Waals surface area (Å²) in [5.41, 5.74) is 10.4. The van der Waals surface area contributed by atoms with E-state index in [4.69, 9.17) is 4.74 Å². The lowest BCUT2D eigenvalue weighted by atomic mass is 9.91. The molecular weight excluding hydrogens is 719 g/mol. The lowest BCUT2D eigenvalue weighted by Gasteiger charge is -2.26. The summed E-state index contributed by atoms with van der Waals surface area (Å²) in [6.07, 6.45) is 0. The minimum Gasteiger partial charge on any atom is -0.456 e. The molecule has 9 aromatic carbocycles. The number of fused-ring (bicyclic) bond motifs is 8. The van der Waals surface area contributed by atoms with Gasteiger partial charge in [-0.05, 0) is 106 Å². The van der Waals surface area contributed by atoms with Crippen molar-refractivity contribution >= 4 is 90.9 Å². The van der Waals surface area contributed by atoms with E-state index in [0.29, 0.717) is 0 Å². The molecule has 0 N–H and O–H groups in total. The third-order valence-electron chi connectivity index (χ3n) is 11.2. The van der Waals surface area contributed by atoms with Gasteiger partial charge in [0.15, 0.2) is 0 Å². The van der Waals surface area contributed by atoms with Gasteiger partial charge in [0.05, 0.1) is 0 Å². The van der Waals surface area contributed by atoms with E-state index >= 15 is 0 Å². The second-order valence-electron chi connectivity index (χ2n) is 14.5. The maximum absolute atomic E-state index is 6.42. The average molecular weight is 750 g/mol. The normalized spacial score (nSPS) is 12.1. The van der Waals surface area contributed by atoms with Crippen molar-refractivity contribution in [2.45, 2.75) is 0 Å². The Morgan fingerprint density at radius 3 is 1.59 bits per heavy atom. The van der Waals surface area contributed by atoms with Gasteiger partial charge >= 0.3 is 0 Å². The molecule has 1 aliphatic rings. The predicted molar refractivity (Wildman–Crippen MR) is 241 cm³/mol. The SMILES string of the molecule is c1cc(-c2cccc(N(c3ccc4c(c3)sc3ccccc34)c3ccc4c(c3)sc3ccccc34)c2)cc(-c2ccc3c(c2)-c2cccc4cccc(c24)O3)c1. The van der Waals surface area contributed by atoms with E-state index in [1.165, 1.54) is 73.4 Å². The van der Waals surface area contributed by atoms with Gasteiger partial charge in [-0.25, -0.2) is 0 Å². The summed E-state index contributed by atoms with van der Waals surface area (Å²) in [4.78, 5) is 2.42. The largest absolute Gasteiger partial charge is 0.456 e. The summed E-state index contributed by atoms with van der Waals surface area (Å²) in [6.45, 7) is 0. The number of rotatable bonds is 5. The number of thiophene rings is 2. The first kappa shape index (κ1) is 31.6. The molecule has 2 nitrogen and oxygen atoms in total. The molecular formula is C52H31NOS2. The molecule has 0 saturated heterocycles. The second kappa shape index (κ2) is 12.4. The quantitative estimate of drug-likeness (QED) is 0.174. The topological polar surface area (TPSA) is 12.5 Å². The van der Waals surface area contributed by atoms with Crippen LogP contribution < -0.4 is 9.64 Å². The van der Waals surface area contributed by atoms with Crippen molar-refractivity contribution in [3.05, 3.63) is 188 Å². The molecule has 0 amide bonds. The molecule has 0 atom stereocenters. The fraction of sp³-hybridized carbons (Fsp3) is 0. The van der Waals surface area contributed by atoms with E-state index in [-0.39, 0.29) is 0 Å². The summed E-state index contributed by atoms with van der Waals surface area (Å²) >= 11 is 3.72. The number of hydrogen-bond donors (Lipinski definition) is 0. The van der Waals surface area contributed by atoms with Crippen LogP contribution in [0.4, 0.5) is 17.1 Å². The number of anilines is 3. The highest BCUT2D eigenvalue weighted by Gasteiger charge is 2.21.